The molecule has 0 aliphatic carbocycles. The molecule has 2 amide bonds. The third kappa shape index (κ3) is 11.2. The second kappa shape index (κ2) is 15.9. The van der Waals surface area contributed by atoms with Gasteiger partial charge >= 0.3 is 24.1 Å². The summed E-state index contributed by atoms with van der Waals surface area (Å²) in [6.07, 6.45) is 11.6. The smallest absolute Gasteiger partial charge is 0.410 e. The highest BCUT2D eigenvalue weighted by Gasteiger charge is 2.32. The lowest BCUT2D eigenvalue weighted by Gasteiger charge is -2.27. The molecule has 2 fully saturated rings. The summed E-state index contributed by atoms with van der Waals surface area (Å²) in [5.74, 6) is -1.04. The minimum absolute atomic E-state index is 0.0229. The maximum absolute atomic E-state index is 12.5. The Kier molecular flexibility index (Phi) is 12.0. The predicted octanol–water partition coefficient (Wildman–Crippen LogP) is 6.14. The highest BCUT2D eigenvalue weighted by atomic mass is 16.6. The van der Waals surface area contributed by atoms with Crippen LogP contribution in [-0.2, 0) is 41.8 Å². The predicted molar refractivity (Wildman–Crippen MR) is 177 cm³/mol. The van der Waals surface area contributed by atoms with Crippen molar-refractivity contribution in [3.63, 3.8) is 0 Å². The minimum atomic E-state index is -0.595. The topological polar surface area (TPSA) is 137 Å². The first-order valence-electron chi connectivity index (χ1n) is 16.3. The van der Waals surface area contributed by atoms with Gasteiger partial charge in [0, 0.05) is 37.6 Å². The van der Waals surface area contributed by atoms with Gasteiger partial charge in [-0.25, -0.2) is 19.2 Å². The third-order valence-electron chi connectivity index (χ3n) is 7.44. The van der Waals surface area contributed by atoms with Crippen molar-refractivity contribution >= 4 is 24.1 Å². The van der Waals surface area contributed by atoms with Gasteiger partial charge in [-0.3, -0.25) is 9.97 Å². The van der Waals surface area contributed by atoms with Crippen molar-refractivity contribution in [3.05, 3.63) is 72.1 Å². The van der Waals surface area contributed by atoms with E-state index in [1.165, 1.54) is 12.2 Å². The molecule has 0 bridgehead atoms. The van der Waals surface area contributed by atoms with Crippen molar-refractivity contribution in [2.24, 2.45) is 0 Å². The Bertz CT molecular complexity index is 1410. The lowest BCUT2D eigenvalue weighted by atomic mass is 10.1. The van der Waals surface area contributed by atoms with Crippen molar-refractivity contribution < 1.29 is 38.1 Å². The van der Waals surface area contributed by atoms with Gasteiger partial charge in [0.15, 0.2) is 0 Å². The Morgan fingerprint density at radius 3 is 1.48 bits per heavy atom. The van der Waals surface area contributed by atoms with E-state index in [0.717, 1.165) is 25.7 Å². The first kappa shape index (κ1) is 36.1. The van der Waals surface area contributed by atoms with Crippen molar-refractivity contribution in [2.45, 2.75) is 104 Å². The molecule has 2 saturated heterocycles. The van der Waals surface area contributed by atoms with Gasteiger partial charge in [0.1, 0.15) is 24.4 Å². The number of rotatable bonds is 9. The molecule has 2 atom stereocenters. The number of esters is 2. The minimum Gasteiger partial charge on any atom is -0.458 e. The van der Waals surface area contributed by atoms with E-state index in [1.807, 2.05) is 41.5 Å². The van der Waals surface area contributed by atoms with E-state index in [2.05, 4.69) is 9.97 Å². The molecular formula is C36H46N4O8. The van der Waals surface area contributed by atoms with Gasteiger partial charge < -0.3 is 28.7 Å². The standard InChI is InChI=1S/C36H46N4O8/c1-35(2,3)47-33(43)39-19-7-9-27(39)11-13-31(41)45-23-25-15-17-37-29(21-25)30-22-26(16-18-38-30)24-46-32(42)14-12-28-10-8-20-40(28)34(44)48-36(4,5)6/h11-18,21-22,27-28H,7-10,19-20,23-24H2,1-6H3/b13-11+,14-12+/t27-,28-/m0/s1. The molecule has 2 aliphatic heterocycles. The van der Waals surface area contributed by atoms with E-state index in [9.17, 15) is 19.2 Å². The van der Waals surface area contributed by atoms with Crippen molar-refractivity contribution in [1.82, 2.24) is 19.8 Å². The van der Waals surface area contributed by atoms with E-state index in [1.54, 1.807) is 58.6 Å². The summed E-state index contributed by atoms with van der Waals surface area (Å²) < 4.78 is 21.8. The summed E-state index contributed by atoms with van der Waals surface area (Å²) in [6.45, 7) is 12.1. The summed E-state index contributed by atoms with van der Waals surface area (Å²) >= 11 is 0. The number of pyridine rings is 2. The molecule has 2 aromatic heterocycles. The first-order chi connectivity index (χ1) is 22.7. The first-order valence-corrected chi connectivity index (χ1v) is 16.3. The highest BCUT2D eigenvalue weighted by Crippen LogP contribution is 2.23. The molecule has 0 aromatic carbocycles. The van der Waals surface area contributed by atoms with Gasteiger partial charge in [0.05, 0.1) is 23.5 Å². The number of hydrogen-bond acceptors (Lipinski definition) is 10. The van der Waals surface area contributed by atoms with E-state index in [-0.39, 0.29) is 25.3 Å². The number of aromatic nitrogens is 2. The third-order valence-corrected chi connectivity index (χ3v) is 7.44. The Hall–Kier alpha value is -4.74. The second-order valence-corrected chi connectivity index (χ2v) is 13.8. The largest absolute Gasteiger partial charge is 0.458 e. The average molecular weight is 663 g/mol. The molecule has 2 aromatic rings. The van der Waals surface area contributed by atoms with Gasteiger partial charge in [-0.15, -0.1) is 0 Å². The van der Waals surface area contributed by atoms with Crippen LogP contribution in [0.25, 0.3) is 11.4 Å². The lowest BCUT2D eigenvalue weighted by molar-refractivity contribution is -0.139. The lowest BCUT2D eigenvalue weighted by Crippen LogP contribution is -2.39. The Morgan fingerprint density at radius 2 is 1.10 bits per heavy atom. The normalized spacial score (nSPS) is 18.4. The van der Waals surface area contributed by atoms with Gasteiger partial charge in [0.25, 0.3) is 0 Å². The molecule has 0 radical (unpaired) electrons. The molecule has 0 N–H and O–H groups in total. The number of carbonyl (C=O) groups excluding carboxylic acids is 4. The monoisotopic (exact) mass is 662 g/mol. The van der Waals surface area contributed by atoms with E-state index >= 15 is 0 Å². The summed E-state index contributed by atoms with van der Waals surface area (Å²) in [5, 5.41) is 0. The van der Waals surface area contributed by atoms with Crippen LogP contribution in [-0.4, -0.2) is 80.3 Å². The summed E-state index contributed by atoms with van der Waals surface area (Å²) in [6, 6.07) is 6.58. The van der Waals surface area contributed by atoms with Crippen molar-refractivity contribution in [1.29, 1.82) is 0 Å². The molecule has 12 heteroatoms. The van der Waals surface area contributed by atoms with E-state index in [0.29, 0.717) is 35.6 Å². The SMILES string of the molecule is CC(C)(C)OC(=O)N1CCC[C@H]1/C=C/C(=O)OCc1ccnc(-c2cc(COC(=O)/C=C/[C@@H]3CCCN3C(=O)OC(C)(C)C)ccn2)c1. The zero-order valence-electron chi connectivity index (χ0n) is 28.6. The van der Waals surface area contributed by atoms with Crippen LogP contribution in [0, 0.1) is 0 Å². The van der Waals surface area contributed by atoms with Crippen molar-refractivity contribution in [2.75, 3.05) is 13.1 Å². The highest BCUT2D eigenvalue weighted by molar-refractivity contribution is 5.83. The van der Waals surface area contributed by atoms with Crippen LogP contribution in [0.4, 0.5) is 9.59 Å². The maximum atomic E-state index is 12.5. The van der Waals surface area contributed by atoms with Gasteiger partial charge in [-0.1, -0.05) is 12.2 Å². The number of carbonyl (C=O) groups is 4. The van der Waals surface area contributed by atoms with Crippen molar-refractivity contribution in [3.8, 4) is 11.4 Å². The fourth-order valence-corrected chi connectivity index (χ4v) is 5.27. The van der Waals surface area contributed by atoms with Gasteiger partial charge in [0.2, 0.25) is 0 Å². The van der Waals surface area contributed by atoms with E-state index < -0.39 is 35.3 Å². The zero-order chi connectivity index (χ0) is 34.9. The molecule has 2 aliphatic rings. The Balaban J connectivity index is 1.27. The summed E-state index contributed by atoms with van der Waals surface area (Å²) in [4.78, 5) is 62.0. The fourth-order valence-electron chi connectivity index (χ4n) is 5.27. The van der Waals surface area contributed by atoms with Crippen LogP contribution < -0.4 is 0 Å². The molecule has 0 spiro atoms. The molecule has 48 heavy (non-hydrogen) atoms. The van der Waals surface area contributed by atoms with Gasteiger partial charge in [-0.05, 0) is 103 Å². The molecule has 0 unspecified atom stereocenters. The Labute approximate surface area is 282 Å². The van der Waals surface area contributed by atoms with Crippen LogP contribution in [0.1, 0.15) is 78.4 Å². The number of nitrogens with zero attached hydrogens (tertiary/aromatic N) is 4. The number of ether oxygens (including phenoxy) is 4. The second-order valence-electron chi connectivity index (χ2n) is 13.8. The van der Waals surface area contributed by atoms with Crippen LogP contribution >= 0.6 is 0 Å². The van der Waals surface area contributed by atoms with Gasteiger partial charge in [-0.2, -0.15) is 0 Å². The molecule has 12 nitrogen and oxygen atoms in total. The molecular weight excluding hydrogens is 616 g/mol. The number of amides is 2. The van der Waals surface area contributed by atoms with Crippen LogP contribution in [0.15, 0.2) is 61.0 Å². The van der Waals surface area contributed by atoms with Crippen LogP contribution in [0.5, 0.6) is 0 Å². The molecule has 258 valence electrons. The number of hydrogen-bond donors (Lipinski definition) is 0. The fraction of sp³-hybridized carbons (Fsp3) is 0.500. The van der Waals surface area contributed by atoms with Crippen LogP contribution in [0.3, 0.4) is 0 Å². The van der Waals surface area contributed by atoms with Crippen LogP contribution in [0.2, 0.25) is 0 Å². The molecule has 4 rings (SSSR count). The van der Waals surface area contributed by atoms with E-state index in [4.69, 9.17) is 18.9 Å². The molecule has 4 heterocycles. The summed E-state index contributed by atoms with van der Waals surface area (Å²) in [7, 11) is 0. The average Bonchev–Trinajstić information content (AvgIpc) is 3.69. The zero-order valence-corrected chi connectivity index (χ0v) is 28.6. The number of likely N-dealkylation sites (tertiary alicyclic amines) is 2. The quantitative estimate of drug-likeness (QED) is 0.175. The Morgan fingerprint density at radius 1 is 0.708 bits per heavy atom. The molecule has 0 saturated carbocycles. The maximum Gasteiger partial charge on any atom is 0.410 e. The summed E-state index contributed by atoms with van der Waals surface area (Å²) in [5.41, 5.74) is 1.37.